The normalized spacial score (nSPS) is 20.4. The maximum atomic E-state index is 14.5. The van der Waals surface area contributed by atoms with Crippen LogP contribution in [0.5, 0.6) is 0 Å². The standard InChI is InChI=1S/C23H24FN5O/c1-23(2,3)21(17-6-4-5-8-26-17)27-22(30)19-15-11-13-10-14(13)20(15)29(28-19)18-7-9-25-12-16(18)24/h4-9,12-14,21H,10-11H2,1-3H3,(H,27,30)/t13-,14-,21-/m1/s1. The number of carbonyl (C=O) groups is 1. The molecule has 0 radical (unpaired) electrons. The highest BCUT2D eigenvalue weighted by atomic mass is 19.1. The van der Waals surface area contributed by atoms with Gasteiger partial charge in [0.15, 0.2) is 11.5 Å². The minimum Gasteiger partial charge on any atom is -0.342 e. The zero-order chi connectivity index (χ0) is 21.0. The molecule has 3 aromatic heterocycles. The Bertz CT molecular complexity index is 1120. The number of amides is 1. The molecule has 2 aliphatic rings. The smallest absolute Gasteiger partial charge is 0.272 e. The summed E-state index contributed by atoms with van der Waals surface area (Å²) in [6, 6.07) is 7.02. The van der Waals surface area contributed by atoms with E-state index < -0.39 is 5.82 Å². The van der Waals surface area contributed by atoms with E-state index in [4.69, 9.17) is 0 Å². The second kappa shape index (κ2) is 6.72. The molecule has 30 heavy (non-hydrogen) atoms. The van der Waals surface area contributed by atoms with E-state index in [2.05, 4.69) is 41.2 Å². The van der Waals surface area contributed by atoms with Gasteiger partial charge >= 0.3 is 0 Å². The van der Waals surface area contributed by atoms with Crippen molar-refractivity contribution in [3.8, 4) is 5.69 Å². The highest BCUT2D eigenvalue weighted by molar-refractivity contribution is 5.95. The maximum absolute atomic E-state index is 14.5. The second-order valence-corrected chi connectivity index (χ2v) is 9.28. The third-order valence-electron chi connectivity index (χ3n) is 6.08. The lowest BCUT2D eigenvalue weighted by molar-refractivity contribution is 0.0893. The number of rotatable bonds is 4. The fraction of sp³-hybridized carbons (Fsp3) is 0.391. The summed E-state index contributed by atoms with van der Waals surface area (Å²) < 4.78 is 16.1. The molecule has 6 nitrogen and oxygen atoms in total. The van der Waals surface area contributed by atoms with Gasteiger partial charge < -0.3 is 5.32 Å². The van der Waals surface area contributed by atoms with Gasteiger partial charge in [0.25, 0.3) is 5.91 Å². The molecule has 0 unspecified atom stereocenters. The van der Waals surface area contributed by atoms with Crippen LogP contribution in [0.3, 0.4) is 0 Å². The van der Waals surface area contributed by atoms with E-state index in [1.807, 2.05) is 18.2 Å². The largest absolute Gasteiger partial charge is 0.342 e. The van der Waals surface area contributed by atoms with Crippen molar-refractivity contribution in [1.82, 2.24) is 25.1 Å². The van der Waals surface area contributed by atoms with Crippen molar-refractivity contribution in [3.05, 3.63) is 71.3 Å². The molecule has 3 heterocycles. The van der Waals surface area contributed by atoms with Gasteiger partial charge in [0.2, 0.25) is 0 Å². The number of hydrogen-bond donors (Lipinski definition) is 1. The topological polar surface area (TPSA) is 72.7 Å². The van der Waals surface area contributed by atoms with Gasteiger partial charge in [0.1, 0.15) is 5.69 Å². The average Bonchev–Trinajstić information content (AvgIpc) is 3.22. The van der Waals surface area contributed by atoms with Crippen molar-refractivity contribution in [1.29, 1.82) is 0 Å². The number of carbonyl (C=O) groups excluding carboxylic acids is 1. The molecule has 0 saturated heterocycles. The lowest BCUT2D eigenvalue weighted by Crippen LogP contribution is -2.37. The number of pyridine rings is 2. The Hall–Kier alpha value is -3.09. The van der Waals surface area contributed by atoms with Gasteiger partial charge in [-0.3, -0.25) is 14.8 Å². The van der Waals surface area contributed by atoms with E-state index in [-0.39, 0.29) is 17.4 Å². The molecule has 3 atom stereocenters. The molecule has 0 aromatic carbocycles. The predicted molar refractivity (Wildman–Crippen MR) is 110 cm³/mol. The first-order valence-corrected chi connectivity index (χ1v) is 10.3. The number of nitrogens with zero attached hydrogens (tertiary/aromatic N) is 4. The molecule has 7 heteroatoms. The first kappa shape index (κ1) is 18.9. The van der Waals surface area contributed by atoms with Gasteiger partial charge in [-0.2, -0.15) is 5.10 Å². The summed E-state index contributed by atoms with van der Waals surface area (Å²) in [5.74, 6) is 0.206. The molecule has 1 N–H and O–H groups in total. The number of hydrogen-bond acceptors (Lipinski definition) is 4. The van der Waals surface area contributed by atoms with E-state index >= 15 is 0 Å². The molecule has 154 valence electrons. The van der Waals surface area contributed by atoms with Crippen LogP contribution in [0, 0.1) is 17.2 Å². The van der Waals surface area contributed by atoms with Crippen molar-refractivity contribution in [2.45, 2.75) is 45.6 Å². The van der Waals surface area contributed by atoms with Crippen LogP contribution >= 0.6 is 0 Å². The number of fused-ring (bicyclic) bond motifs is 3. The lowest BCUT2D eigenvalue weighted by atomic mass is 9.84. The monoisotopic (exact) mass is 405 g/mol. The summed E-state index contributed by atoms with van der Waals surface area (Å²) in [5, 5.41) is 7.73. The summed E-state index contributed by atoms with van der Waals surface area (Å²) in [4.78, 5) is 21.6. The van der Waals surface area contributed by atoms with E-state index in [9.17, 15) is 9.18 Å². The zero-order valence-electron chi connectivity index (χ0n) is 17.3. The van der Waals surface area contributed by atoms with Gasteiger partial charge in [-0.1, -0.05) is 26.8 Å². The Labute approximate surface area is 174 Å². The van der Waals surface area contributed by atoms with Crippen LogP contribution in [0.2, 0.25) is 0 Å². The van der Waals surface area contributed by atoms with E-state index in [1.54, 1.807) is 23.1 Å². The predicted octanol–water partition coefficient (Wildman–Crippen LogP) is 3.98. The molecule has 0 aliphatic heterocycles. The summed E-state index contributed by atoms with van der Waals surface area (Å²) in [6.45, 7) is 6.20. The van der Waals surface area contributed by atoms with Crippen molar-refractivity contribution < 1.29 is 9.18 Å². The van der Waals surface area contributed by atoms with Crippen LogP contribution < -0.4 is 5.32 Å². The Balaban J connectivity index is 1.53. The Morgan fingerprint density at radius 1 is 1.27 bits per heavy atom. The molecule has 0 spiro atoms. The maximum Gasteiger partial charge on any atom is 0.272 e. The van der Waals surface area contributed by atoms with Gasteiger partial charge in [-0.25, -0.2) is 9.07 Å². The minimum absolute atomic E-state index is 0.241. The van der Waals surface area contributed by atoms with Crippen LogP contribution in [0.25, 0.3) is 5.69 Å². The van der Waals surface area contributed by atoms with Crippen LogP contribution in [-0.2, 0) is 6.42 Å². The third kappa shape index (κ3) is 3.09. The quantitative estimate of drug-likeness (QED) is 0.713. The molecule has 1 saturated carbocycles. The number of nitrogens with one attached hydrogen (secondary N) is 1. The highest BCUT2D eigenvalue weighted by Crippen LogP contribution is 2.57. The molecule has 2 aliphatic carbocycles. The molecule has 0 bridgehead atoms. The highest BCUT2D eigenvalue weighted by Gasteiger charge is 2.50. The van der Waals surface area contributed by atoms with E-state index in [0.717, 1.165) is 29.8 Å². The minimum atomic E-state index is -0.445. The Morgan fingerprint density at radius 3 is 2.80 bits per heavy atom. The molecule has 3 aromatic rings. The Morgan fingerprint density at radius 2 is 2.10 bits per heavy atom. The first-order valence-electron chi connectivity index (χ1n) is 10.3. The number of halogens is 1. The molecule has 1 amide bonds. The van der Waals surface area contributed by atoms with Crippen LogP contribution in [0.4, 0.5) is 4.39 Å². The van der Waals surface area contributed by atoms with Crippen molar-refractivity contribution in [2.24, 2.45) is 11.3 Å². The zero-order valence-corrected chi connectivity index (χ0v) is 17.3. The summed E-state index contributed by atoms with van der Waals surface area (Å²) >= 11 is 0. The fourth-order valence-corrected chi connectivity index (χ4v) is 4.50. The van der Waals surface area contributed by atoms with Gasteiger partial charge in [-0.15, -0.1) is 0 Å². The first-order chi connectivity index (χ1) is 14.3. The molecule has 1 fully saturated rings. The van der Waals surface area contributed by atoms with Crippen LogP contribution in [0.15, 0.2) is 42.9 Å². The Kier molecular flexibility index (Phi) is 4.24. The summed E-state index contributed by atoms with van der Waals surface area (Å²) in [7, 11) is 0. The summed E-state index contributed by atoms with van der Waals surface area (Å²) in [5.41, 5.74) is 3.20. The van der Waals surface area contributed by atoms with E-state index in [1.165, 1.54) is 6.20 Å². The van der Waals surface area contributed by atoms with Gasteiger partial charge in [0.05, 0.1) is 23.6 Å². The molecular weight excluding hydrogens is 381 g/mol. The number of aromatic nitrogens is 4. The average molecular weight is 405 g/mol. The third-order valence-corrected chi connectivity index (χ3v) is 6.08. The molecular formula is C23H24FN5O. The van der Waals surface area contributed by atoms with Crippen LogP contribution in [-0.4, -0.2) is 25.7 Å². The SMILES string of the molecule is CC(C)(C)[C@H](NC(=O)c1nn(-c2ccncc2F)c2c1C[C@H]1C[C@@H]21)c1ccccn1. The van der Waals surface area contributed by atoms with Crippen molar-refractivity contribution in [2.75, 3.05) is 0 Å². The van der Waals surface area contributed by atoms with Crippen LogP contribution in [0.1, 0.15) is 66.6 Å². The van der Waals surface area contributed by atoms with Crippen molar-refractivity contribution in [3.63, 3.8) is 0 Å². The van der Waals surface area contributed by atoms with Gasteiger partial charge in [0, 0.05) is 23.9 Å². The summed E-state index contributed by atoms with van der Waals surface area (Å²) in [6.07, 6.45) is 6.35. The van der Waals surface area contributed by atoms with E-state index in [0.29, 0.717) is 23.2 Å². The van der Waals surface area contributed by atoms with Crippen molar-refractivity contribution >= 4 is 5.91 Å². The fourth-order valence-electron chi connectivity index (χ4n) is 4.50. The lowest BCUT2D eigenvalue weighted by Gasteiger charge is -2.30. The molecule has 5 rings (SSSR count). The van der Waals surface area contributed by atoms with Gasteiger partial charge in [-0.05, 0) is 42.4 Å². The second-order valence-electron chi connectivity index (χ2n) is 9.28.